The number of nitrogens with zero attached hydrogens (tertiary/aromatic N) is 3. The van der Waals surface area contributed by atoms with Crippen molar-refractivity contribution in [3.05, 3.63) is 5.82 Å². The number of aromatic nitrogens is 3. The van der Waals surface area contributed by atoms with Crippen LogP contribution in [0.3, 0.4) is 0 Å². The first kappa shape index (κ1) is 8.55. The molecule has 0 aromatic carbocycles. The molecule has 0 aliphatic carbocycles. The van der Waals surface area contributed by atoms with Gasteiger partial charge in [-0.3, -0.25) is 0 Å². The van der Waals surface area contributed by atoms with Crippen molar-refractivity contribution >= 4 is 11.8 Å². The van der Waals surface area contributed by atoms with Crippen LogP contribution < -0.4 is 0 Å². The summed E-state index contributed by atoms with van der Waals surface area (Å²) < 4.78 is 1.70. The summed E-state index contributed by atoms with van der Waals surface area (Å²) in [5, 5.41) is 13.7. The SMILES string of the molecule is CCn1nc(SC)nc1CO. The third-order valence-electron chi connectivity index (χ3n) is 1.35. The molecule has 1 heterocycles. The maximum absolute atomic E-state index is 8.83. The molecular formula is C6H11N3OS. The van der Waals surface area contributed by atoms with Crippen LogP contribution in [0.4, 0.5) is 0 Å². The van der Waals surface area contributed by atoms with Crippen LogP contribution >= 0.6 is 11.8 Å². The van der Waals surface area contributed by atoms with Crippen molar-refractivity contribution in [1.82, 2.24) is 14.8 Å². The lowest BCUT2D eigenvalue weighted by Gasteiger charge is -1.95. The molecule has 0 atom stereocenters. The highest BCUT2D eigenvalue weighted by Crippen LogP contribution is 2.09. The van der Waals surface area contributed by atoms with Gasteiger partial charge in [0, 0.05) is 6.54 Å². The molecule has 1 N–H and O–H groups in total. The smallest absolute Gasteiger partial charge is 0.208 e. The monoisotopic (exact) mass is 173 g/mol. The fraction of sp³-hybridized carbons (Fsp3) is 0.667. The first-order valence-corrected chi connectivity index (χ1v) is 4.62. The summed E-state index contributed by atoms with van der Waals surface area (Å²) in [6.45, 7) is 2.68. The van der Waals surface area contributed by atoms with Gasteiger partial charge in [0.1, 0.15) is 6.61 Å². The summed E-state index contributed by atoms with van der Waals surface area (Å²) in [6.07, 6.45) is 1.91. The molecule has 0 aliphatic heterocycles. The molecule has 0 unspecified atom stereocenters. The Labute approximate surface area is 69.6 Å². The van der Waals surface area contributed by atoms with Gasteiger partial charge in [0.05, 0.1) is 0 Å². The van der Waals surface area contributed by atoms with E-state index in [1.54, 1.807) is 4.68 Å². The van der Waals surface area contributed by atoms with E-state index in [-0.39, 0.29) is 6.61 Å². The van der Waals surface area contributed by atoms with Gasteiger partial charge in [-0.05, 0) is 13.2 Å². The zero-order valence-electron chi connectivity index (χ0n) is 6.61. The Balaban J connectivity index is 2.92. The van der Waals surface area contributed by atoms with Crippen LogP contribution in [0, 0.1) is 0 Å². The Bertz CT molecular complexity index is 214. The molecule has 1 rings (SSSR count). The fourth-order valence-corrected chi connectivity index (χ4v) is 1.19. The van der Waals surface area contributed by atoms with Crippen LogP contribution in [-0.4, -0.2) is 26.1 Å². The van der Waals surface area contributed by atoms with E-state index in [1.165, 1.54) is 11.8 Å². The third kappa shape index (κ3) is 1.72. The Hall–Kier alpha value is -0.550. The zero-order valence-corrected chi connectivity index (χ0v) is 7.43. The molecule has 0 fully saturated rings. The van der Waals surface area contributed by atoms with Crippen molar-refractivity contribution in [1.29, 1.82) is 0 Å². The van der Waals surface area contributed by atoms with Gasteiger partial charge < -0.3 is 5.11 Å². The summed E-state index contributed by atoms with van der Waals surface area (Å²) in [5.74, 6) is 0.636. The summed E-state index contributed by atoms with van der Waals surface area (Å²) in [4.78, 5) is 4.08. The summed E-state index contributed by atoms with van der Waals surface area (Å²) in [7, 11) is 0. The normalized spacial score (nSPS) is 10.5. The number of aryl methyl sites for hydroxylation is 1. The molecule has 1 aromatic rings. The lowest BCUT2D eigenvalue weighted by atomic mass is 10.6. The minimum absolute atomic E-state index is 0.0403. The molecule has 0 aliphatic rings. The molecule has 0 saturated carbocycles. The Morgan fingerprint density at radius 2 is 2.36 bits per heavy atom. The van der Waals surface area contributed by atoms with Gasteiger partial charge in [0.2, 0.25) is 5.16 Å². The van der Waals surface area contributed by atoms with E-state index in [1.807, 2.05) is 13.2 Å². The first-order valence-electron chi connectivity index (χ1n) is 3.40. The van der Waals surface area contributed by atoms with Crippen molar-refractivity contribution in [2.75, 3.05) is 6.26 Å². The molecule has 1 aromatic heterocycles. The topological polar surface area (TPSA) is 50.9 Å². The van der Waals surface area contributed by atoms with Crippen molar-refractivity contribution in [2.24, 2.45) is 0 Å². The average molecular weight is 173 g/mol. The Morgan fingerprint density at radius 1 is 1.64 bits per heavy atom. The van der Waals surface area contributed by atoms with E-state index in [0.717, 1.165) is 11.7 Å². The van der Waals surface area contributed by atoms with E-state index in [9.17, 15) is 0 Å². The second-order valence-electron chi connectivity index (χ2n) is 1.99. The molecule has 0 bridgehead atoms. The predicted molar refractivity (Wildman–Crippen MR) is 43.4 cm³/mol. The van der Waals surface area contributed by atoms with Crippen molar-refractivity contribution in [3.8, 4) is 0 Å². The number of hydrogen-bond donors (Lipinski definition) is 1. The van der Waals surface area contributed by atoms with Gasteiger partial charge in [0.25, 0.3) is 0 Å². The zero-order chi connectivity index (χ0) is 8.27. The lowest BCUT2D eigenvalue weighted by Crippen LogP contribution is -2.02. The lowest BCUT2D eigenvalue weighted by molar-refractivity contribution is 0.263. The molecule has 62 valence electrons. The Morgan fingerprint density at radius 3 is 2.73 bits per heavy atom. The van der Waals surface area contributed by atoms with E-state index in [0.29, 0.717) is 5.82 Å². The third-order valence-corrected chi connectivity index (χ3v) is 1.89. The van der Waals surface area contributed by atoms with Crippen molar-refractivity contribution in [3.63, 3.8) is 0 Å². The molecule has 11 heavy (non-hydrogen) atoms. The second kappa shape index (κ2) is 3.73. The van der Waals surface area contributed by atoms with Crippen LogP contribution in [0.15, 0.2) is 5.16 Å². The molecular weight excluding hydrogens is 162 g/mol. The molecule has 4 nitrogen and oxygen atoms in total. The van der Waals surface area contributed by atoms with E-state index >= 15 is 0 Å². The number of aliphatic hydroxyl groups is 1. The van der Waals surface area contributed by atoms with Gasteiger partial charge in [-0.25, -0.2) is 9.67 Å². The van der Waals surface area contributed by atoms with E-state index in [2.05, 4.69) is 10.1 Å². The van der Waals surface area contributed by atoms with Crippen LogP contribution in [0.2, 0.25) is 0 Å². The van der Waals surface area contributed by atoms with Gasteiger partial charge >= 0.3 is 0 Å². The maximum atomic E-state index is 8.83. The summed E-state index contributed by atoms with van der Waals surface area (Å²) >= 11 is 1.48. The largest absolute Gasteiger partial charge is 0.388 e. The summed E-state index contributed by atoms with van der Waals surface area (Å²) in [5.41, 5.74) is 0. The fourth-order valence-electron chi connectivity index (χ4n) is 0.808. The number of hydrogen-bond acceptors (Lipinski definition) is 4. The minimum atomic E-state index is -0.0403. The first-order chi connectivity index (χ1) is 5.31. The molecule has 0 saturated heterocycles. The molecule has 0 amide bonds. The van der Waals surface area contributed by atoms with Crippen LogP contribution in [0.1, 0.15) is 12.7 Å². The average Bonchev–Trinajstić information content (AvgIpc) is 2.46. The van der Waals surface area contributed by atoms with Gasteiger partial charge in [-0.15, -0.1) is 5.10 Å². The highest BCUT2D eigenvalue weighted by molar-refractivity contribution is 7.98. The molecule has 5 heteroatoms. The maximum Gasteiger partial charge on any atom is 0.208 e. The quantitative estimate of drug-likeness (QED) is 0.677. The number of rotatable bonds is 3. The Kier molecular flexibility index (Phi) is 2.90. The van der Waals surface area contributed by atoms with Crippen molar-refractivity contribution in [2.45, 2.75) is 25.2 Å². The highest BCUT2D eigenvalue weighted by atomic mass is 32.2. The minimum Gasteiger partial charge on any atom is -0.388 e. The second-order valence-corrected chi connectivity index (χ2v) is 2.76. The predicted octanol–water partition coefficient (Wildman–Crippen LogP) is 0.512. The molecule has 0 radical (unpaired) electrons. The van der Waals surface area contributed by atoms with Gasteiger partial charge in [-0.2, -0.15) is 0 Å². The highest BCUT2D eigenvalue weighted by Gasteiger charge is 2.05. The van der Waals surface area contributed by atoms with Gasteiger partial charge in [0.15, 0.2) is 5.82 Å². The van der Waals surface area contributed by atoms with E-state index < -0.39 is 0 Å². The standard InChI is InChI=1S/C6H11N3OS/c1-3-9-5(4-10)7-6(8-9)11-2/h10H,3-4H2,1-2H3. The summed E-state index contributed by atoms with van der Waals surface area (Å²) in [6, 6.07) is 0. The van der Waals surface area contributed by atoms with Crippen LogP contribution in [-0.2, 0) is 13.2 Å². The molecule has 0 spiro atoms. The van der Waals surface area contributed by atoms with Crippen LogP contribution in [0.5, 0.6) is 0 Å². The number of thioether (sulfide) groups is 1. The number of aliphatic hydroxyl groups excluding tert-OH is 1. The van der Waals surface area contributed by atoms with Crippen molar-refractivity contribution < 1.29 is 5.11 Å². The van der Waals surface area contributed by atoms with E-state index in [4.69, 9.17) is 5.11 Å². The van der Waals surface area contributed by atoms with Crippen LogP contribution in [0.25, 0.3) is 0 Å². The van der Waals surface area contributed by atoms with Gasteiger partial charge in [-0.1, -0.05) is 11.8 Å².